The van der Waals surface area contributed by atoms with Crippen molar-refractivity contribution in [1.82, 2.24) is 23.5 Å². The third kappa shape index (κ3) is 3.77. The van der Waals surface area contributed by atoms with E-state index in [9.17, 15) is 14.4 Å². The number of fused-ring (bicyclic) bond motifs is 1. The molecule has 0 fully saturated rings. The van der Waals surface area contributed by atoms with E-state index in [-0.39, 0.29) is 23.5 Å². The first-order valence-corrected chi connectivity index (χ1v) is 10.2. The number of ether oxygens (including phenoxy) is 1. The lowest BCUT2D eigenvalue weighted by Gasteiger charge is -2.10. The van der Waals surface area contributed by atoms with Gasteiger partial charge in [0.2, 0.25) is 0 Å². The van der Waals surface area contributed by atoms with E-state index in [2.05, 4.69) is 11.7 Å². The molecular formula is C19H25N5O4S. The second-order valence-electron chi connectivity index (χ2n) is 6.67. The summed E-state index contributed by atoms with van der Waals surface area (Å²) in [5.74, 6) is 0. The lowest BCUT2D eigenvalue weighted by atomic mass is 10.2. The Morgan fingerprint density at radius 3 is 2.66 bits per heavy atom. The third-order valence-corrected chi connectivity index (χ3v) is 6.16. The van der Waals surface area contributed by atoms with Crippen molar-refractivity contribution in [3.05, 3.63) is 60.7 Å². The number of thiophene rings is 1. The second kappa shape index (κ2) is 8.75. The fraction of sp³-hybridized carbons (Fsp3) is 0.474. The Morgan fingerprint density at radius 2 is 2.00 bits per heavy atom. The highest BCUT2D eigenvalue weighted by Gasteiger charge is 2.20. The molecule has 3 aromatic rings. The van der Waals surface area contributed by atoms with Crippen molar-refractivity contribution >= 4 is 21.6 Å². The Hall–Kier alpha value is -2.72. The van der Waals surface area contributed by atoms with Gasteiger partial charge in [0.05, 0.1) is 11.9 Å². The van der Waals surface area contributed by atoms with E-state index in [1.165, 1.54) is 31.5 Å². The number of aromatic nitrogens is 5. The van der Waals surface area contributed by atoms with Crippen molar-refractivity contribution in [2.75, 3.05) is 13.7 Å². The monoisotopic (exact) mass is 419 g/mol. The minimum absolute atomic E-state index is 0.242. The molecule has 0 atom stereocenters. The summed E-state index contributed by atoms with van der Waals surface area (Å²) in [5, 5.41) is 4.69. The van der Waals surface area contributed by atoms with Gasteiger partial charge in [0.25, 0.3) is 5.56 Å². The maximum Gasteiger partial charge on any atom is 0.346 e. The Labute approximate surface area is 171 Å². The van der Waals surface area contributed by atoms with Gasteiger partial charge in [0.1, 0.15) is 11.2 Å². The Morgan fingerprint density at radius 1 is 1.24 bits per heavy atom. The van der Waals surface area contributed by atoms with Gasteiger partial charge in [-0.3, -0.25) is 18.5 Å². The molecule has 156 valence electrons. The van der Waals surface area contributed by atoms with Crippen molar-refractivity contribution in [2.24, 2.45) is 0 Å². The van der Waals surface area contributed by atoms with E-state index in [0.717, 1.165) is 10.4 Å². The highest BCUT2D eigenvalue weighted by molar-refractivity contribution is 7.18. The highest BCUT2D eigenvalue weighted by Crippen LogP contribution is 2.28. The van der Waals surface area contributed by atoms with Gasteiger partial charge in [0, 0.05) is 38.2 Å². The Balaban J connectivity index is 2.14. The van der Waals surface area contributed by atoms with Crippen LogP contribution < -0.4 is 16.9 Å². The first-order chi connectivity index (χ1) is 13.9. The zero-order valence-corrected chi connectivity index (χ0v) is 17.7. The van der Waals surface area contributed by atoms with Gasteiger partial charge in [-0.25, -0.2) is 14.3 Å². The minimum atomic E-state index is -0.318. The lowest BCUT2D eigenvalue weighted by molar-refractivity contribution is 0.190. The molecule has 9 nitrogen and oxygen atoms in total. The quantitative estimate of drug-likeness (QED) is 0.384. The van der Waals surface area contributed by atoms with E-state index in [4.69, 9.17) is 4.74 Å². The van der Waals surface area contributed by atoms with Crippen LogP contribution in [-0.4, -0.2) is 37.2 Å². The van der Waals surface area contributed by atoms with Crippen LogP contribution in [0.5, 0.6) is 0 Å². The standard InChI is InChI=1S/C19H25N5O4S/c1-5-8-21-12-20-24(18(21)26)11-14-13(3)15-16(25)22(6-2)19(27)23(17(15)29-14)9-7-10-28-4/h5,12H,1,6-11H2,2-4H3. The van der Waals surface area contributed by atoms with E-state index < -0.39 is 0 Å². The minimum Gasteiger partial charge on any atom is -0.385 e. The van der Waals surface area contributed by atoms with E-state index in [1.807, 2.05) is 6.92 Å². The number of methoxy groups -OCH3 is 1. The molecule has 0 unspecified atom stereocenters. The summed E-state index contributed by atoms with van der Waals surface area (Å²) >= 11 is 1.36. The molecule has 3 aromatic heterocycles. The smallest absolute Gasteiger partial charge is 0.346 e. The molecule has 0 aliphatic rings. The van der Waals surface area contributed by atoms with Crippen molar-refractivity contribution in [1.29, 1.82) is 0 Å². The maximum atomic E-state index is 12.9. The normalized spacial score (nSPS) is 11.4. The number of nitrogens with zero attached hydrogens (tertiary/aromatic N) is 5. The van der Waals surface area contributed by atoms with Gasteiger partial charge in [-0.15, -0.1) is 17.9 Å². The summed E-state index contributed by atoms with van der Waals surface area (Å²) in [4.78, 5) is 39.7. The van der Waals surface area contributed by atoms with Crippen molar-refractivity contribution in [3.8, 4) is 0 Å². The molecule has 0 aliphatic heterocycles. The summed E-state index contributed by atoms with van der Waals surface area (Å²) in [6.07, 6.45) is 3.76. The average molecular weight is 420 g/mol. The topological polar surface area (TPSA) is 93.1 Å². The van der Waals surface area contributed by atoms with Gasteiger partial charge in [-0.05, 0) is 25.8 Å². The first-order valence-electron chi connectivity index (χ1n) is 9.42. The summed E-state index contributed by atoms with van der Waals surface area (Å²) in [7, 11) is 1.61. The zero-order chi connectivity index (χ0) is 21.1. The van der Waals surface area contributed by atoms with Gasteiger partial charge in [-0.2, -0.15) is 5.10 Å². The summed E-state index contributed by atoms with van der Waals surface area (Å²) in [6.45, 7) is 9.16. The van der Waals surface area contributed by atoms with Gasteiger partial charge >= 0.3 is 11.4 Å². The molecule has 0 saturated heterocycles. The van der Waals surface area contributed by atoms with Crippen molar-refractivity contribution in [2.45, 2.75) is 46.4 Å². The summed E-state index contributed by atoms with van der Waals surface area (Å²) in [6, 6.07) is 0. The maximum absolute atomic E-state index is 12.9. The fourth-order valence-corrected chi connectivity index (χ4v) is 4.61. The predicted octanol–water partition coefficient (Wildman–Crippen LogP) is 1.18. The van der Waals surface area contributed by atoms with E-state index >= 15 is 0 Å². The molecule has 0 aromatic carbocycles. The molecule has 29 heavy (non-hydrogen) atoms. The average Bonchev–Trinajstić information content (AvgIpc) is 3.20. The Bertz CT molecular complexity index is 1210. The first kappa shape index (κ1) is 21.0. The van der Waals surface area contributed by atoms with Crippen LogP contribution in [0.15, 0.2) is 33.4 Å². The molecule has 0 spiro atoms. The molecular weight excluding hydrogens is 394 g/mol. The van der Waals surface area contributed by atoms with Crippen LogP contribution in [0.1, 0.15) is 23.8 Å². The zero-order valence-electron chi connectivity index (χ0n) is 16.9. The Kier molecular flexibility index (Phi) is 6.33. The predicted molar refractivity (Wildman–Crippen MR) is 113 cm³/mol. The molecule has 0 aliphatic carbocycles. The number of allylic oxidation sites excluding steroid dienone is 1. The summed E-state index contributed by atoms with van der Waals surface area (Å²) < 4.78 is 10.8. The molecule has 0 bridgehead atoms. The largest absolute Gasteiger partial charge is 0.385 e. The fourth-order valence-electron chi connectivity index (χ4n) is 3.31. The number of hydrogen-bond donors (Lipinski definition) is 0. The van der Waals surface area contributed by atoms with Gasteiger partial charge in [0.15, 0.2) is 0 Å². The molecule has 0 saturated carbocycles. The van der Waals surface area contributed by atoms with Crippen LogP contribution in [0.3, 0.4) is 0 Å². The molecule has 3 rings (SSSR count). The van der Waals surface area contributed by atoms with Gasteiger partial charge < -0.3 is 4.74 Å². The molecule has 0 N–H and O–H groups in total. The van der Waals surface area contributed by atoms with Crippen LogP contribution in [0.25, 0.3) is 10.2 Å². The van der Waals surface area contributed by atoms with Crippen molar-refractivity contribution in [3.63, 3.8) is 0 Å². The number of rotatable bonds is 9. The van der Waals surface area contributed by atoms with Crippen LogP contribution in [0, 0.1) is 6.92 Å². The molecule has 3 heterocycles. The second-order valence-corrected chi connectivity index (χ2v) is 7.76. The SMILES string of the molecule is C=CCn1cnn(Cc2sc3c(c2C)c(=O)n(CC)c(=O)n3CCCOC)c1=O. The van der Waals surface area contributed by atoms with Crippen LogP contribution in [-0.2, 0) is 30.9 Å². The summed E-state index contributed by atoms with van der Waals surface area (Å²) in [5.41, 5.74) is -0.0746. The van der Waals surface area contributed by atoms with E-state index in [1.54, 1.807) is 24.7 Å². The number of aryl methyl sites for hydroxylation is 2. The molecule has 0 amide bonds. The third-order valence-electron chi connectivity index (χ3n) is 4.86. The highest BCUT2D eigenvalue weighted by atomic mass is 32.1. The number of hydrogen-bond acceptors (Lipinski definition) is 6. The molecule has 10 heteroatoms. The van der Waals surface area contributed by atoms with Crippen LogP contribution >= 0.6 is 11.3 Å². The van der Waals surface area contributed by atoms with Crippen LogP contribution in [0.4, 0.5) is 0 Å². The van der Waals surface area contributed by atoms with Crippen molar-refractivity contribution < 1.29 is 4.74 Å². The lowest BCUT2D eigenvalue weighted by Crippen LogP contribution is -2.39. The van der Waals surface area contributed by atoms with Crippen LogP contribution in [0.2, 0.25) is 0 Å². The van der Waals surface area contributed by atoms with E-state index in [0.29, 0.717) is 42.9 Å². The molecule has 0 radical (unpaired) electrons. The van der Waals surface area contributed by atoms with Gasteiger partial charge in [-0.1, -0.05) is 6.08 Å².